The topological polar surface area (TPSA) is 9.23 Å². The summed E-state index contributed by atoms with van der Waals surface area (Å²) in [5.41, 5.74) is 4.11. The van der Waals surface area contributed by atoms with Gasteiger partial charge >= 0.3 is 0 Å². The van der Waals surface area contributed by atoms with Gasteiger partial charge in [0, 0.05) is 11.1 Å². The number of ether oxygens (including phenoxy) is 1. The van der Waals surface area contributed by atoms with Crippen LogP contribution in [0.3, 0.4) is 0 Å². The van der Waals surface area contributed by atoms with Crippen molar-refractivity contribution in [2.24, 2.45) is 17.8 Å². The first kappa shape index (κ1) is 34.1. The van der Waals surface area contributed by atoms with Gasteiger partial charge in [0.05, 0.1) is 6.61 Å². The highest BCUT2D eigenvalue weighted by atomic mass is 19.2. The highest BCUT2D eigenvalue weighted by molar-refractivity contribution is 5.74. The molecule has 5 rings (SSSR count). The zero-order valence-electron chi connectivity index (χ0n) is 27.8. The van der Waals surface area contributed by atoms with Crippen LogP contribution < -0.4 is 4.74 Å². The second kappa shape index (κ2) is 17.0. The molecule has 3 aromatic carbocycles. The van der Waals surface area contributed by atoms with Crippen molar-refractivity contribution in [3.8, 4) is 28.0 Å². The lowest BCUT2D eigenvalue weighted by atomic mass is 9.71. The van der Waals surface area contributed by atoms with Crippen LogP contribution in [-0.2, 0) is 0 Å². The van der Waals surface area contributed by atoms with E-state index in [1.54, 1.807) is 36.4 Å². The third-order valence-electron chi connectivity index (χ3n) is 10.3. The van der Waals surface area contributed by atoms with E-state index in [4.69, 9.17) is 4.74 Å². The molecule has 46 heavy (non-hydrogen) atoms. The maximum atomic E-state index is 15.4. The highest BCUT2D eigenvalue weighted by Gasteiger charge is 2.28. The minimum absolute atomic E-state index is 0.0539. The number of unbranched alkanes of at least 4 members (excludes halogenated alkanes) is 6. The van der Waals surface area contributed by atoms with E-state index in [9.17, 15) is 4.39 Å². The summed E-state index contributed by atoms with van der Waals surface area (Å²) in [6, 6.07) is 15.5. The Labute approximate surface area is 275 Å². The summed E-state index contributed by atoms with van der Waals surface area (Å²) < 4.78 is 50.9. The summed E-state index contributed by atoms with van der Waals surface area (Å²) >= 11 is 0. The minimum Gasteiger partial charge on any atom is -0.490 e. The van der Waals surface area contributed by atoms with Gasteiger partial charge in [0.2, 0.25) is 5.82 Å². The molecule has 4 heteroatoms. The number of rotatable bonds is 14. The fourth-order valence-electron chi connectivity index (χ4n) is 7.51. The first-order valence-corrected chi connectivity index (χ1v) is 17.8. The van der Waals surface area contributed by atoms with E-state index in [1.807, 2.05) is 12.1 Å². The standard InChI is InChI=1S/C42H51F3O/c1-3-5-6-7-8-9-10-28-46-40-27-26-38(41(44)42(40)45)35-22-20-34(21-23-35)37-25-24-36(29-39(37)43)33-18-16-32(17-19-33)31-14-12-30(11-4-2)13-15-31/h4,11,18,20-27,29-32H,3,5-10,12-17,19,28H2,1-2H3. The Morgan fingerprint density at radius 3 is 2.00 bits per heavy atom. The molecule has 0 N–H and O–H groups in total. The van der Waals surface area contributed by atoms with Crippen LogP contribution in [0.4, 0.5) is 13.2 Å². The number of benzene rings is 3. The van der Waals surface area contributed by atoms with Gasteiger partial charge < -0.3 is 4.74 Å². The third kappa shape index (κ3) is 8.75. The Balaban J connectivity index is 1.16. The average molecular weight is 629 g/mol. The van der Waals surface area contributed by atoms with E-state index in [-0.39, 0.29) is 17.1 Å². The van der Waals surface area contributed by atoms with Gasteiger partial charge in [-0.15, -0.1) is 0 Å². The minimum atomic E-state index is -0.966. The third-order valence-corrected chi connectivity index (χ3v) is 10.3. The van der Waals surface area contributed by atoms with Crippen LogP contribution in [0.15, 0.2) is 72.8 Å². The normalized spacial score (nSPS) is 20.2. The molecule has 0 saturated heterocycles. The molecule has 1 nitrogen and oxygen atoms in total. The average Bonchev–Trinajstić information content (AvgIpc) is 3.08. The van der Waals surface area contributed by atoms with Crippen LogP contribution in [-0.4, -0.2) is 6.61 Å². The van der Waals surface area contributed by atoms with Crippen molar-refractivity contribution in [1.29, 1.82) is 0 Å². The predicted molar refractivity (Wildman–Crippen MR) is 186 cm³/mol. The predicted octanol–water partition coefficient (Wildman–Crippen LogP) is 13.1. The van der Waals surface area contributed by atoms with E-state index < -0.39 is 11.6 Å². The van der Waals surface area contributed by atoms with Crippen LogP contribution in [0.1, 0.15) is 109 Å². The molecule has 0 amide bonds. The Kier molecular flexibility index (Phi) is 12.6. The van der Waals surface area contributed by atoms with Gasteiger partial charge in [-0.1, -0.05) is 100 Å². The molecule has 1 fully saturated rings. The molecule has 0 radical (unpaired) electrons. The fourth-order valence-corrected chi connectivity index (χ4v) is 7.51. The Bertz CT molecular complexity index is 1460. The van der Waals surface area contributed by atoms with Crippen molar-refractivity contribution >= 4 is 5.57 Å². The molecular weight excluding hydrogens is 577 g/mol. The zero-order chi connectivity index (χ0) is 32.3. The van der Waals surface area contributed by atoms with Crippen molar-refractivity contribution in [2.45, 2.75) is 104 Å². The van der Waals surface area contributed by atoms with Crippen molar-refractivity contribution < 1.29 is 17.9 Å². The van der Waals surface area contributed by atoms with E-state index in [0.717, 1.165) is 55.4 Å². The first-order valence-electron chi connectivity index (χ1n) is 17.8. The van der Waals surface area contributed by atoms with Gasteiger partial charge in [-0.3, -0.25) is 0 Å². The van der Waals surface area contributed by atoms with E-state index in [0.29, 0.717) is 23.3 Å². The van der Waals surface area contributed by atoms with Crippen molar-refractivity contribution in [3.05, 3.63) is 95.8 Å². The molecule has 1 saturated carbocycles. The lowest BCUT2D eigenvalue weighted by molar-refractivity contribution is 0.212. The first-order chi connectivity index (χ1) is 22.5. The quantitative estimate of drug-likeness (QED) is 0.127. The molecule has 0 heterocycles. The number of hydrogen-bond acceptors (Lipinski definition) is 1. The van der Waals surface area contributed by atoms with Crippen LogP contribution >= 0.6 is 0 Å². The van der Waals surface area contributed by atoms with Crippen molar-refractivity contribution in [3.63, 3.8) is 0 Å². The lowest BCUT2D eigenvalue weighted by Gasteiger charge is -2.34. The molecule has 2 aliphatic rings. The Morgan fingerprint density at radius 1 is 0.696 bits per heavy atom. The molecule has 0 aliphatic heterocycles. The molecule has 2 aliphatic carbocycles. The molecule has 0 aromatic heterocycles. The van der Waals surface area contributed by atoms with E-state index >= 15 is 8.78 Å². The lowest BCUT2D eigenvalue weighted by Crippen LogP contribution is -2.22. The van der Waals surface area contributed by atoms with Gasteiger partial charge in [0.1, 0.15) is 5.82 Å². The van der Waals surface area contributed by atoms with Crippen LogP contribution in [0.5, 0.6) is 5.75 Å². The van der Waals surface area contributed by atoms with Gasteiger partial charge in [0.25, 0.3) is 0 Å². The Hall–Kier alpha value is -3.27. The molecule has 1 unspecified atom stereocenters. The largest absolute Gasteiger partial charge is 0.490 e. The summed E-state index contributed by atoms with van der Waals surface area (Å²) in [6.07, 6.45) is 23.4. The smallest absolute Gasteiger partial charge is 0.201 e. The molecule has 0 spiro atoms. The molecule has 0 bridgehead atoms. The summed E-state index contributed by atoms with van der Waals surface area (Å²) in [5, 5.41) is 0. The molecular formula is C42H51F3O. The second-order valence-corrected chi connectivity index (χ2v) is 13.4. The summed E-state index contributed by atoms with van der Waals surface area (Å²) in [5.74, 6) is 0.105. The molecule has 1 atom stereocenters. The maximum absolute atomic E-state index is 15.4. The van der Waals surface area contributed by atoms with Gasteiger partial charge in [-0.05, 0) is 117 Å². The number of allylic oxidation sites excluding steroid dienone is 4. The summed E-state index contributed by atoms with van der Waals surface area (Å²) in [4.78, 5) is 0. The fraction of sp³-hybridized carbons (Fsp3) is 0.476. The highest BCUT2D eigenvalue weighted by Crippen LogP contribution is 2.42. The molecule has 246 valence electrons. The number of hydrogen-bond donors (Lipinski definition) is 0. The Morgan fingerprint density at radius 2 is 1.35 bits per heavy atom. The van der Waals surface area contributed by atoms with Gasteiger partial charge in [-0.25, -0.2) is 8.78 Å². The SMILES string of the molecule is CC=CC1CCC(C2CC=C(c3ccc(-c4ccc(-c5ccc(OCCCCCCCCC)c(F)c5F)cc4)c(F)c3)CC2)CC1. The van der Waals surface area contributed by atoms with Crippen molar-refractivity contribution in [1.82, 2.24) is 0 Å². The van der Waals surface area contributed by atoms with Crippen LogP contribution in [0.2, 0.25) is 0 Å². The van der Waals surface area contributed by atoms with Gasteiger partial charge in [0.15, 0.2) is 11.6 Å². The van der Waals surface area contributed by atoms with E-state index in [1.165, 1.54) is 69.4 Å². The zero-order valence-corrected chi connectivity index (χ0v) is 27.8. The summed E-state index contributed by atoms with van der Waals surface area (Å²) in [6.45, 7) is 4.69. The summed E-state index contributed by atoms with van der Waals surface area (Å²) in [7, 11) is 0. The second-order valence-electron chi connectivity index (χ2n) is 13.4. The van der Waals surface area contributed by atoms with E-state index in [2.05, 4.69) is 32.1 Å². The van der Waals surface area contributed by atoms with Crippen LogP contribution in [0.25, 0.3) is 27.8 Å². The molecule has 3 aromatic rings. The van der Waals surface area contributed by atoms with Gasteiger partial charge in [-0.2, -0.15) is 4.39 Å². The monoisotopic (exact) mass is 628 g/mol. The van der Waals surface area contributed by atoms with Crippen LogP contribution in [0, 0.1) is 35.2 Å². The van der Waals surface area contributed by atoms with Crippen molar-refractivity contribution in [2.75, 3.05) is 6.61 Å². The number of halogens is 3. The maximum Gasteiger partial charge on any atom is 0.201 e.